The number of benzene rings is 1. The van der Waals surface area contributed by atoms with E-state index >= 15 is 0 Å². The molecule has 0 saturated heterocycles. The molecule has 0 spiro atoms. The first-order valence-electron chi connectivity index (χ1n) is 5.72. The Balaban J connectivity index is 3.00. The van der Waals surface area contributed by atoms with Gasteiger partial charge in [0, 0.05) is 12.2 Å². The third-order valence-corrected chi connectivity index (χ3v) is 2.18. The van der Waals surface area contributed by atoms with E-state index in [9.17, 15) is 4.39 Å². The largest absolute Gasteiger partial charge is 0.369 e. The van der Waals surface area contributed by atoms with Crippen LogP contribution in [0.5, 0.6) is 0 Å². The van der Waals surface area contributed by atoms with Gasteiger partial charge in [-0.1, -0.05) is 0 Å². The zero-order valence-corrected chi connectivity index (χ0v) is 10.9. The maximum atomic E-state index is 12.8. The molecular weight excluding hydrogens is 217 g/mol. The molecular formula is C13H20FN3. The molecule has 17 heavy (non-hydrogen) atoms. The molecule has 0 fully saturated rings. The van der Waals surface area contributed by atoms with Crippen molar-refractivity contribution in [3.05, 3.63) is 30.1 Å². The lowest BCUT2D eigenvalue weighted by Crippen LogP contribution is -2.39. The van der Waals surface area contributed by atoms with Crippen LogP contribution >= 0.6 is 0 Å². The van der Waals surface area contributed by atoms with Crippen LogP contribution in [-0.4, -0.2) is 18.0 Å². The lowest BCUT2D eigenvalue weighted by Gasteiger charge is -2.24. The van der Waals surface area contributed by atoms with E-state index in [1.165, 1.54) is 12.1 Å². The van der Waals surface area contributed by atoms with Crippen molar-refractivity contribution in [1.82, 2.24) is 0 Å². The molecule has 0 aliphatic carbocycles. The summed E-state index contributed by atoms with van der Waals surface area (Å²) in [5, 5.41) is 0. The lowest BCUT2D eigenvalue weighted by atomic mass is 10.1. The number of rotatable bonds is 2. The van der Waals surface area contributed by atoms with Crippen molar-refractivity contribution in [2.75, 3.05) is 11.4 Å². The van der Waals surface area contributed by atoms with Gasteiger partial charge >= 0.3 is 0 Å². The highest BCUT2D eigenvalue weighted by Crippen LogP contribution is 2.16. The van der Waals surface area contributed by atoms with Crippen LogP contribution in [-0.2, 0) is 0 Å². The maximum absolute atomic E-state index is 12.8. The van der Waals surface area contributed by atoms with Gasteiger partial charge in [0.05, 0.1) is 5.54 Å². The first-order chi connectivity index (χ1) is 7.83. The SMILES string of the molecule is CCN(C(N)=NC(C)(C)C)c1ccc(F)cc1. The molecule has 1 aromatic carbocycles. The van der Waals surface area contributed by atoms with E-state index in [1.807, 2.05) is 32.6 Å². The van der Waals surface area contributed by atoms with Gasteiger partial charge in [0.15, 0.2) is 5.96 Å². The highest BCUT2D eigenvalue weighted by molar-refractivity contribution is 5.94. The molecule has 4 heteroatoms. The third kappa shape index (κ3) is 4.06. The van der Waals surface area contributed by atoms with Gasteiger partial charge in [-0.25, -0.2) is 9.38 Å². The summed E-state index contributed by atoms with van der Waals surface area (Å²) < 4.78 is 12.8. The quantitative estimate of drug-likeness (QED) is 0.634. The van der Waals surface area contributed by atoms with E-state index in [1.54, 1.807) is 12.1 Å². The van der Waals surface area contributed by atoms with E-state index in [2.05, 4.69) is 4.99 Å². The molecule has 3 nitrogen and oxygen atoms in total. The molecule has 1 rings (SSSR count). The van der Waals surface area contributed by atoms with Crippen LogP contribution in [0.1, 0.15) is 27.7 Å². The monoisotopic (exact) mass is 237 g/mol. The zero-order chi connectivity index (χ0) is 13.1. The van der Waals surface area contributed by atoms with Gasteiger partial charge < -0.3 is 10.6 Å². The van der Waals surface area contributed by atoms with Gasteiger partial charge in [0.1, 0.15) is 5.82 Å². The van der Waals surface area contributed by atoms with E-state index in [0.29, 0.717) is 12.5 Å². The Morgan fingerprint density at radius 3 is 2.24 bits per heavy atom. The molecule has 0 aromatic heterocycles. The Morgan fingerprint density at radius 1 is 1.29 bits per heavy atom. The van der Waals surface area contributed by atoms with Gasteiger partial charge in [0.2, 0.25) is 0 Å². The average Bonchev–Trinajstić information content (AvgIpc) is 2.19. The van der Waals surface area contributed by atoms with Gasteiger partial charge in [-0.2, -0.15) is 0 Å². The Bertz CT molecular complexity index is 390. The van der Waals surface area contributed by atoms with Crippen LogP contribution in [0.15, 0.2) is 29.3 Å². The van der Waals surface area contributed by atoms with Gasteiger partial charge in [-0.3, -0.25) is 0 Å². The Morgan fingerprint density at radius 2 is 1.82 bits per heavy atom. The molecule has 94 valence electrons. The summed E-state index contributed by atoms with van der Waals surface area (Å²) in [6.07, 6.45) is 0. The standard InChI is InChI=1S/C13H20FN3/c1-5-17(12(15)16-13(2,3)4)11-8-6-10(14)7-9-11/h6-9H,5H2,1-4H3,(H2,15,16). The minimum absolute atomic E-state index is 0.225. The maximum Gasteiger partial charge on any atom is 0.196 e. The fourth-order valence-electron chi connectivity index (χ4n) is 1.50. The highest BCUT2D eigenvalue weighted by Gasteiger charge is 2.13. The molecule has 0 bridgehead atoms. The minimum Gasteiger partial charge on any atom is -0.369 e. The molecule has 0 atom stereocenters. The van der Waals surface area contributed by atoms with E-state index in [-0.39, 0.29) is 11.4 Å². The topological polar surface area (TPSA) is 41.6 Å². The third-order valence-electron chi connectivity index (χ3n) is 2.18. The molecule has 0 aliphatic rings. The molecule has 0 aliphatic heterocycles. The second-order valence-electron chi connectivity index (χ2n) is 4.86. The predicted molar refractivity (Wildman–Crippen MR) is 70.8 cm³/mol. The minimum atomic E-state index is -0.254. The average molecular weight is 237 g/mol. The second-order valence-corrected chi connectivity index (χ2v) is 4.86. The number of anilines is 1. The fraction of sp³-hybridized carbons (Fsp3) is 0.462. The van der Waals surface area contributed by atoms with Gasteiger partial charge in [-0.15, -0.1) is 0 Å². The van der Waals surface area contributed by atoms with Crippen LogP contribution in [0.3, 0.4) is 0 Å². The molecule has 0 unspecified atom stereocenters. The number of nitrogens with two attached hydrogens (primary N) is 1. The Labute approximate surface area is 102 Å². The molecule has 0 radical (unpaired) electrons. The molecule has 0 amide bonds. The van der Waals surface area contributed by atoms with Crippen LogP contribution in [0, 0.1) is 5.82 Å². The summed E-state index contributed by atoms with van der Waals surface area (Å²) in [6, 6.07) is 6.23. The Hall–Kier alpha value is -1.58. The second kappa shape index (κ2) is 5.17. The fourth-order valence-corrected chi connectivity index (χ4v) is 1.50. The highest BCUT2D eigenvalue weighted by atomic mass is 19.1. The normalized spacial score (nSPS) is 12.6. The van der Waals surface area contributed by atoms with Gasteiger partial charge in [-0.05, 0) is 52.0 Å². The number of nitrogens with zero attached hydrogens (tertiary/aromatic N) is 2. The summed E-state index contributed by atoms with van der Waals surface area (Å²) in [6.45, 7) is 8.63. The summed E-state index contributed by atoms with van der Waals surface area (Å²) in [5.74, 6) is 0.197. The van der Waals surface area contributed by atoms with Crippen LogP contribution in [0.2, 0.25) is 0 Å². The predicted octanol–water partition coefficient (Wildman–Crippen LogP) is 2.77. The number of hydrogen-bond donors (Lipinski definition) is 1. The number of hydrogen-bond acceptors (Lipinski definition) is 1. The van der Waals surface area contributed by atoms with Crippen molar-refractivity contribution in [2.45, 2.75) is 33.2 Å². The zero-order valence-electron chi connectivity index (χ0n) is 10.9. The summed E-state index contributed by atoms with van der Waals surface area (Å²) in [4.78, 5) is 6.26. The number of aliphatic imine (C=N–C) groups is 1. The Kier molecular flexibility index (Phi) is 4.10. The van der Waals surface area contributed by atoms with Crippen molar-refractivity contribution >= 4 is 11.6 Å². The van der Waals surface area contributed by atoms with Crippen LogP contribution < -0.4 is 10.6 Å². The van der Waals surface area contributed by atoms with E-state index in [0.717, 1.165) is 5.69 Å². The van der Waals surface area contributed by atoms with Crippen molar-refractivity contribution in [2.24, 2.45) is 10.7 Å². The molecule has 2 N–H and O–H groups in total. The van der Waals surface area contributed by atoms with E-state index in [4.69, 9.17) is 5.73 Å². The summed E-state index contributed by atoms with van der Waals surface area (Å²) >= 11 is 0. The van der Waals surface area contributed by atoms with Crippen LogP contribution in [0.4, 0.5) is 10.1 Å². The molecule has 1 aromatic rings. The summed E-state index contributed by atoms with van der Waals surface area (Å²) in [5.41, 5.74) is 6.59. The van der Waals surface area contributed by atoms with Crippen molar-refractivity contribution < 1.29 is 4.39 Å². The summed E-state index contributed by atoms with van der Waals surface area (Å²) in [7, 11) is 0. The van der Waals surface area contributed by atoms with Gasteiger partial charge in [0.25, 0.3) is 0 Å². The first-order valence-corrected chi connectivity index (χ1v) is 5.72. The van der Waals surface area contributed by atoms with Crippen molar-refractivity contribution in [3.8, 4) is 0 Å². The van der Waals surface area contributed by atoms with Crippen molar-refractivity contribution in [3.63, 3.8) is 0 Å². The molecule has 0 saturated carbocycles. The molecule has 0 heterocycles. The van der Waals surface area contributed by atoms with Crippen molar-refractivity contribution in [1.29, 1.82) is 0 Å². The lowest BCUT2D eigenvalue weighted by molar-refractivity contribution is 0.580. The van der Waals surface area contributed by atoms with Crippen LogP contribution in [0.25, 0.3) is 0 Å². The number of halogens is 1. The number of guanidine groups is 1. The van der Waals surface area contributed by atoms with E-state index < -0.39 is 0 Å². The smallest absolute Gasteiger partial charge is 0.196 e. The first kappa shape index (κ1) is 13.5.